The molecule has 0 bridgehead atoms. The Hall–Kier alpha value is -3.52. The lowest BCUT2D eigenvalue weighted by molar-refractivity contribution is -0.0499. The van der Waals surface area contributed by atoms with Gasteiger partial charge in [-0.2, -0.15) is 26.7 Å². The van der Waals surface area contributed by atoms with Crippen molar-refractivity contribution in [2.75, 3.05) is 6.61 Å². The van der Waals surface area contributed by atoms with E-state index in [0.717, 1.165) is 12.8 Å². The number of hydrogen-bond acceptors (Lipinski definition) is 8. The lowest BCUT2D eigenvalue weighted by atomic mass is 9.93. The molecular formula is C27H35F3N4O6S. The maximum absolute atomic E-state index is 13.3. The molecule has 1 amide bonds. The quantitative estimate of drug-likeness (QED) is 0.225. The molecule has 1 aromatic carbocycles. The monoisotopic (exact) mass is 600 g/mol. The molecule has 1 aliphatic heterocycles. The molecule has 0 spiro atoms. The van der Waals surface area contributed by atoms with Crippen LogP contribution in [0.2, 0.25) is 0 Å². The molecule has 0 aliphatic carbocycles. The first-order valence-electron chi connectivity index (χ1n) is 12.8. The highest BCUT2D eigenvalue weighted by Gasteiger charge is 2.49. The van der Waals surface area contributed by atoms with Gasteiger partial charge in [-0.15, -0.1) is 0 Å². The van der Waals surface area contributed by atoms with Gasteiger partial charge in [-0.1, -0.05) is 18.7 Å². The largest absolute Gasteiger partial charge is 0.534 e. The Bertz CT molecular complexity index is 1460. The fourth-order valence-corrected chi connectivity index (χ4v) is 4.62. The number of rotatable bonds is 8. The predicted molar refractivity (Wildman–Crippen MR) is 148 cm³/mol. The number of alkyl halides is 3. The van der Waals surface area contributed by atoms with Crippen molar-refractivity contribution in [1.82, 2.24) is 15.1 Å². The van der Waals surface area contributed by atoms with Gasteiger partial charge in [0.15, 0.2) is 12.0 Å². The van der Waals surface area contributed by atoms with E-state index in [4.69, 9.17) is 15.2 Å². The van der Waals surface area contributed by atoms with E-state index in [1.165, 1.54) is 35.3 Å². The zero-order valence-electron chi connectivity index (χ0n) is 23.5. The number of benzene rings is 1. The van der Waals surface area contributed by atoms with Crippen LogP contribution in [-0.2, 0) is 19.6 Å². The van der Waals surface area contributed by atoms with Crippen molar-refractivity contribution >= 4 is 32.7 Å². The normalized spacial score (nSPS) is 17.6. The summed E-state index contributed by atoms with van der Waals surface area (Å²) in [5.74, 6) is -0.582. The number of nitrogens with one attached hydrogen (secondary N) is 1. The van der Waals surface area contributed by atoms with Crippen LogP contribution in [0.5, 0.6) is 5.75 Å². The number of carbonyl (C=O) groups excluding carboxylic acids is 1. The first-order valence-corrected chi connectivity index (χ1v) is 14.2. The molecule has 1 aromatic heterocycles. The maximum Gasteiger partial charge on any atom is 0.534 e. The van der Waals surface area contributed by atoms with Gasteiger partial charge in [0.1, 0.15) is 5.60 Å². The van der Waals surface area contributed by atoms with E-state index in [1.54, 1.807) is 40.7 Å². The number of hydrogen-bond donors (Lipinski definition) is 2. The van der Waals surface area contributed by atoms with E-state index in [0.29, 0.717) is 24.1 Å². The first-order chi connectivity index (χ1) is 18.9. The number of amides is 1. The predicted octanol–water partition coefficient (Wildman–Crippen LogP) is 5.68. The molecule has 1 atom stereocenters. The Morgan fingerprint density at radius 3 is 2.44 bits per heavy atom. The van der Waals surface area contributed by atoms with E-state index < -0.39 is 44.8 Å². The molecule has 10 nitrogen and oxygen atoms in total. The van der Waals surface area contributed by atoms with Crippen LogP contribution in [0.4, 0.5) is 18.0 Å². The van der Waals surface area contributed by atoms with Crippen LogP contribution in [0.3, 0.4) is 0 Å². The molecule has 226 valence electrons. The van der Waals surface area contributed by atoms with Gasteiger partial charge >= 0.3 is 21.7 Å². The number of carbonyl (C=O) groups is 1. The van der Waals surface area contributed by atoms with Gasteiger partial charge in [0.2, 0.25) is 0 Å². The first kappa shape index (κ1) is 32.0. The summed E-state index contributed by atoms with van der Waals surface area (Å²) in [5, 5.41) is 6.99. The van der Waals surface area contributed by atoms with Crippen LogP contribution in [0.15, 0.2) is 48.8 Å². The Morgan fingerprint density at radius 1 is 1.20 bits per heavy atom. The van der Waals surface area contributed by atoms with E-state index in [-0.39, 0.29) is 16.5 Å². The molecule has 1 fully saturated rings. The molecular weight excluding hydrogens is 565 g/mol. The van der Waals surface area contributed by atoms with Gasteiger partial charge < -0.3 is 24.7 Å². The number of fused-ring (bicyclic) bond motifs is 1. The maximum atomic E-state index is 13.3. The van der Waals surface area contributed by atoms with Crippen molar-refractivity contribution in [2.45, 2.75) is 76.8 Å². The van der Waals surface area contributed by atoms with Gasteiger partial charge in [-0.25, -0.2) is 9.48 Å². The van der Waals surface area contributed by atoms with Crippen LogP contribution in [0.1, 0.15) is 65.7 Å². The second kappa shape index (κ2) is 11.8. The number of nitrogens with zero attached hydrogens (tertiary/aromatic N) is 2. The van der Waals surface area contributed by atoms with Crippen molar-refractivity contribution in [3.05, 3.63) is 54.4 Å². The van der Waals surface area contributed by atoms with Gasteiger partial charge in [0.05, 0.1) is 22.6 Å². The number of alkyl carbamates (subject to hydrolysis) is 1. The summed E-state index contributed by atoms with van der Waals surface area (Å²) in [6, 6.07) is 2.97. The summed E-state index contributed by atoms with van der Waals surface area (Å²) < 4.78 is 81.3. The van der Waals surface area contributed by atoms with Crippen LogP contribution in [0, 0.1) is 0 Å². The topological polar surface area (TPSA) is 135 Å². The summed E-state index contributed by atoms with van der Waals surface area (Å²) in [4.78, 5) is 12.3. The third kappa shape index (κ3) is 7.61. The zero-order valence-corrected chi connectivity index (χ0v) is 24.4. The highest BCUT2D eigenvalue weighted by atomic mass is 32.2. The summed E-state index contributed by atoms with van der Waals surface area (Å²) >= 11 is 0. The smallest absolute Gasteiger partial charge is 0.444 e. The Kier molecular flexibility index (Phi) is 9.18. The van der Waals surface area contributed by atoms with Crippen LogP contribution in [-0.4, -0.2) is 47.5 Å². The molecule has 2 heterocycles. The summed E-state index contributed by atoms with van der Waals surface area (Å²) in [6.45, 7) is 12.9. The van der Waals surface area contributed by atoms with Gasteiger partial charge in [0.25, 0.3) is 0 Å². The average Bonchev–Trinajstić information content (AvgIpc) is 3.27. The van der Waals surface area contributed by atoms with Gasteiger partial charge in [-0.05, 0) is 83.4 Å². The standard InChI is InChI=1S/C27H35F3N4O6S/c1-17(10-11-18(15-31)26(5,6)33-24(35)39-25(2,3)4)19-12-13-21-20(23(19)40-41(36,37)27(28,29)30)16-32-34(21)22-9-7-8-14-38-22/h10-13,15-16,22H,1,7-9,14,31H2,2-6H3,(H,33,35)/b11-10-,18-15+. The van der Waals surface area contributed by atoms with E-state index in [1.807, 2.05) is 0 Å². The molecule has 41 heavy (non-hydrogen) atoms. The molecule has 0 saturated carbocycles. The summed E-state index contributed by atoms with van der Waals surface area (Å²) in [6.07, 6.45) is 6.60. The number of halogens is 3. The van der Waals surface area contributed by atoms with Crippen molar-refractivity contribution < 1.29 is 40.0 Å². The zero-order chi connectivity index (χ0) is 30.8. The van der Waals surface area contributed by atoms with Crippen LogP contribution >= 0.6 is 0 Å². The Labute approximate surface area is 237 Å². The number of ether oxygens (including phenoxy) is 2. The van der Waals surface area contributed by atoms with Crippen LogP contribution < -0.4 is 15.2 Å². The molecule has 14 heteroatoms. The van der Waals surface area contributed by atoms with Crippen LogP contribution in [0.25, 0.3) is 16.5 Å². The third-order valence-electron chi connectivity index (χ3n) is 6.16. The molecule has 1 aliphatic rings. The van der Waals surface area contributed by atoms with Crippen molar-refractivity contribution in [1.29, 1.82) is 0 Å². The Morgan fingerprint density at radius 2 is 1.88 bits per heavy atom. The summed E-state index contributed by atoms with van der Waals surface area (Å²) in [5.41, 5.74) is -0.818. The number of nitrogens with two attached hydrogens (primary N) is 1. The highest BCUT2D eigenvalue weighted by Crippen LogP contribution is 2.39. The average molecular weight is 601 g/mol. The van der Waals surface area contributed by atoms with Gasteiger partial charge in [-0.3, -0.25) is 0 Å². The minimum Gasteiger partial charge on any atom is -0.444 e. The summed E-state index contributed by atoms with van der Waals surface area (Å²) in [7, 11) is -6.03. The third-order valence-corrected chi connectivity index (χ3v) is 7.11. The van der Waals surface area contributed by atoms with Gasteiger partial charge in [0, 0.05) is 12.2 Å². The van der Waals surface area contributed by atoms with E-state index in [9.17, 15) is 26.4 Å². The van der Waals surface area contributed by atoms with E-state index >= 15 is 0 Å². The number of aromatic nitrogens is 2. The molecule has 0 radical (unpaired) electrons. The molecule has 1 unspecified atom stereocenters. The fourth-order valence-electron chi connectivity index (χ4n) is 4.12. The van der Waals surface area contributed by atoms with Crippen molar-refractivity contribution in [2.24, 2.45) is 5.73 Å². The minimum atomic E-state index is -6.03. The lowest BCUT2D eigenvalue weighted by Gasteiger charge is -2.29. The molecule has 2 aromatic rings. The van der Waals surface area contributed by atoms with E-state index in [2.05, 4.69) is 21.2 Å². The molecule has 3 N–H and O–H groups in total. The second-order valence-electron chi connectivity index (χ2n) is 11.0. The molecule has 1 saturated heterocycles. The minimum absolute atomic E-state index is 0.0278. The lowest BCUT2D eigenvalue weighted by Crippen LogP contribution is -2.47. The number of allylic oxidation sites excluding steroid dienone is 2. The fraction of sp³-hybridized carbons (Fsp3) is 0.481. The Balaban J connectivity index is 2.01. The highest BCUT2D eigenvalue weighted by molar-refractivity contribution is 7.88. The van der Waals surface area contributed by atoms with Crippen molar-refractivity contribution in [3.8, 4) is 5.75 Å². The second-order valence-corrected chi connectivity index (χ2v) is 12.5. The molecule has 3 rings (SSSR count). The van der Waals surface area contributed by atoms with Crippen molar-refractivity contribution in [3.63, 3.8) is 0 Å². The SMILES string of the molecule is C=C(/C=C\C(=C/N)C(C)(C)NC(=O)OC(C)(C)C)c1ccc2c(cnn2C2CCCCO2)c1OS(=O)(=O)C(F)(F)F.